The molecule has 0 aliphatic carbocycles. The molecule has 0 N–H and O–H groups in total. The highest BCUT2D eigenvalue weighted by Crippen LogP contribution is 2.15. The van der Waals surface area contributed by atoms with Crippen molar-refractivity contribution in [3.05, 3.63) is 45.5 Å². The molecule has 0 bridgehead atoms. The van der Waals surface area contributed by atoms with Gasteiger partial charge in [0, 0.05) is 7.05 Å². The Kier molecular flexibility index (Phi) is 6.10. The fraction of sp³-hybridized carbons (Fsp3) is 0.385. The van der Waals surface area contributed by atoms with E-state index in [4.69, 9.17) is 16.3 Å². The van der Waals surface area contributed by atoms with E-state index in [1.165, 1.54) is 17.2 Å². The van der Waals surface area contributed by atoms with Gasteiger partial charge >= 0.3 is 5.82 Å². The van der Waals surface area contributed by atoms with Gasteiger partial charge in [-0.05, 0) is 24.0 Å². The average Bonchev–Trinajstić information content (AvgIpc) is 2.41. The fourth-order valence-electron chi connectivity index (χ4n) is 1.54. The van der Waals surface area contributed by atoms with Crippen LogP contribution in [0.15, 0.2) is 35.2 Å². The second-order valence-corrected chi connectivity index (χ2v) is 4.77. The maximum atomic E-state index is 11.0. The molecule has 1 heterocycles. The largest absolute Gasteiger partial charge is 0.483 e. The fourth-order valence-corrected chi connectivity index (χ4v) is 1.65. The molecule has 0 spiro atoms. The maximum Gasteiger partial charge on any atom is 0.319 e. The third-order valence-electron chi connectivity index (χ3n) is 2.61. The zero-order valence-corrected chi connectivity index (χ0v) is 13.0. The molecule has 0 saturated heterocycles. The predicted molar refractivity (Wildman–Crippen MR) is 81.5 cm³/mol. The molecule has 0 fully saturated rings. The molecule has 0 saturated carbocycles. The van der Waals surface area contributed by atoms with Gasteiger partial charge in [0.15, 0.2) is 0 Å². The molecule has 114 valence electrons. The van der Waals surface area contributed by atoms with Gasteiger partial charge in [0.2, 0.25) is 0 Å². The van der Waals surface area contributed by atoms with Crippen LogP contribution in [-0.2, 0) is 0 Å². The van der Waals surface area contributed by atoms with Crippen molar-refractivity contribution < 1.29 is 9.66 Å². The topological polar surface area (TPSA) is 80.9 Å². The predicted octanol–water partition coefficient (Wildman–Crippen LogP) is 2.25. The summed E-state index contributed by atoms with van der Waals surface area (Å²) in [4.78, 5) is 19.9. The van der Waals surface area contributed by atoms with Gasteiger partial charge < -0.3 is 14.9 Å². The van der Waals surface area contributed by atoms with Gasteiger partial charge in [0.1, 0.15) is 17.0 Å². The molecule has 1 rings (SSSR count). The van der Waals surface area contributed by atoms with Crippen molar-refractivity contribution in [2.24, 2.45) is 4.99 Å². The first-order valence-electron chi connectivity index (χ1n) is 6.13. The van der Waals surface area contributed by atoms with E-state index in [9.17, 15) is 10.1 Å². The molecular weight excluding hydrogens is 296 g/mol. The molecule has 0 radical (unpaired) electrons. The van der Waals surface area contributed by atoms with Crippen molar-refractivity contribution in [1.82, 2.24) is 9.88 Å². The first-order valence-corrected chi connectivity index (χ1v) is 6.51. The third-order valence-corrected chi connectivity index (χ3v) is 2.83. The normalized spacial score (nSPS) is 13.8. The van der Waals surface area contributed by atoms with Crippen LogP contribution in [0.4, 0.5) is 0 Å². The summed E-state index contributed by atoms with van der Waals surface area (Å²) in [5.41, 5.74) is 0.449. The van der Waals surface area contributed by atoms with Gasteiger partial charge in [-0.2, -0.15) is 0 Å². The van der Waals surface area contributed by atoms with Crippen LogP contribution in [0.2, 0.25) is 5.15 Å². The van der Waals surface area contributed by atoms with E-state index in [1.54, 1.807) is 40.2 Å². The molecule has 0 aliphatic rings. The summed E-state index contributed by atoms with van der Waals surface area (Å²) in [6.07, 6.45) is 2.40. The summed E-state index contributed by atoms with van der Waals surface area (Å²) < 4.78 is 5.65. The number of aromatic nitrogens is 1. The third kappa shape index (κ3) is 5.03. The first-order chi connectivity index (χ1) is 9.85. The van der Waals surface area contributed by atoms with Gasteiger partial charge in [0.05, 0.1) is 32.1 Å². The highest BCUT2D eigenvalue weighted by molar-refractivity contribution is 6.29. The quantitative estimate of drug-likeness (QED) is 0.348. The maximum absolute atomic E-state index is 11.0. The number of aliphatic imine (C=N–C) groups is 1. The zero-order valence-electron chi connectivity index (χ0n) is 12.3. The number of hydrogen-bond acceptors (Lipinski definition) is 6. The molecule has 8 heteroatoms. The molecular formula is C13H17ClN4O3. The first kappa shape index (κ1) is 16.9. The molecule has 7 nitrogen and oxygen atoms in total. The van der Waals surface area contributed by atoms with E-state index in [0.717, 1.165) is 0 Å². The minimum absolute atomic E-state index is 0.0692. The van der Waals surface area contributed by atoms with Crippen molar-refractivity contribution in [3.8, 4) is 5.75 Å². The smallest absolute Gasteiger partial charge is 0.319 e. The summed E-state index contributed by atoms with van der Waals surface area (Å²) in [5.74, 6) is 0.439. The minimum Gasteiger partial charge on any atom is -0.483 e. The van der Waals surface area contributed by atoms with Gasteiger partial charge in [-0.1, -0.05) is 11.6 Å². The van der Waals surface area contributed by atoms with Crippen LogP contribution in [0.5, 0.6) is 5.75 Å². The Morgan fingerprint density at radius 3 is 2.67 bits per heavy atom. The van der Waals surface area contributed by atoms with Crippen LogP contribution in [0.25, 0.3) is 0 Å². The van der Waals surface area contributed by atoms with E-state index in [2.05, 4.69) is 9.98 Å². The Balaban J connectivity index is 2.92. The van der Waals surface area contributed by atoms with E-state index in [0.29, 0.717) is 16.6 Å². The number of rotatable bonds is 6. The Morgan fingerprint density at radius 2 is 2.24 bits per heavy atom. The van der Waals surface area contributed by atoms with E-state index >= 15 is 0 Å². The summed E-state index contributed by atoms with van der Waals surface area (Å²) >= 11 is 5.70. The van der Waals surface area contributed by atoms with Gasteiger partial charge in [0.25, 0.3) is 0 Å². The Hall–Kier alpha value is -2.15. The summed E-state index contributed by atoms with van der Waals surface area (Å²) in [6.45, 7) is 1.75. The van der Waals surface area contributed by atoms with Crippen molar-refractivity contribution in [3.63, 3.8) is 0 Å². The molecule has 0 aliphatic heterocycles. The minimum atomic E-state index is -0.470. The van der Waals surface area contributed by atoms with Crippen molar-refractivity contribution >= 4 is 17.3 Å². The Bertz CT molecular complexity index is 555. The van der Waals surface area contributed by atoms with Crippen LogP contribution in [-0.4, -0.2) is 47.8 Å². The van der Waals surface area contributed by atoms with Gasteiger partial charge in [-0.3, -0.25) is 9.89 Å². The van der Waals surface area contributed by atoms with Gasteiger partial charge in [-0.15, -0.1) is 0 Å². The number of pyridine rings is 1. The summed E-state index contributed by atoms with van der Waals surface area (Å²) in [5, 5.41) is 11.3. The molecule has 0 amide bonds. The number of hydrogen-bond donors (Lipinski definition) is 0. The molecule has 1 aromatic heterocycles. The summed E-state index contributed by atoms with van der Waals surface area (Å²) in [7, 11) is 4.74. The lowest BCUT2D eigenvalue weighted by atomic mass is 10.2. The highest BCUT2D eigenvalue weighted by Gasteiger charge is 2.17. The van der Waals surface area contributed by atoms with E-state index < -0.39 is 11.0 Å². The van der Waals surface area contributed by atoms with E-state index in [1.807, 2.05) is 0 Å². The van der Waals surface area contributed by atoms with Crippen LogP contribution >= 0.6 is 11.6 Å². The number of nitrogens with zero attached hydrogens (tertiary/aromatic N) is 4. The zero-order chi connectivity index (χ0) is 16.0. The van der Waals surface area contributed by atoms with Crippen LogP contribution < -0.4 is 4.74 Å². The Labute approximate surface area is 128 Å². The SMILES string of the molecule is CN=C(C=C(N(C)C)[N+](=O)[O-])C(C)Oc1ccc(Cl)nc1. The van der Waals surface area contributed by atoms with Crippen LogP contribution in [0.1, 0.15) is 6.92 Å². The van der Waals surface area contributed by atoms with Crippen molar-refractivity contribution in [2.75, 3.05) is 21.1 Å². The lowest BCUT2D eigenvalue weighted by Crippen LogP contribution is -2.26. The standard InChI is InChI=1S/C13H17ClN4O3/c1-9(21-10-5-6-12(14)16-8-10)11(15-2)7-13(17(3)4)18(19)20/h5-9H,1-4H3. The Morgan fingerprint density at radius 1 is 1.57 bits per heavy atom. The average molecular weight is 313 g/mol. The monoisotopic (exact) mass is 312 g/mol. The molecule has 1 atom stereocenters. The molecule has 1 unspecified atom stereocenters. The van der Waals surface area contributed by atoms with E-state index in [-0.39, 0.29) is 5.82 Å². The number of ether oxygens (including phenoxy) is 1. The molecule has 21 heavy (non-hydrogen) atoms. The number of halogens is 1. The van der Waals surface area contributed by atoms with Crippen LogP contribution in [0, 0.1) is 10.1 Å². The molecule has 0 aromatic carbocycles. The molecule has 1 aromatic rings. The second-order valence-electron chi connectivity index (χ2n) is 4.38. The summed E-state index contributed by atoms with van der Waals surface area (Å²) in [6, 6.07) is 3.27. The van der Waals surface area contributed by atoms with Crippen molar-refractivity contribution in [2.45, 2.75) is 13.0 Å². The van der Waals surface area contributed by atoms with Crippen molar-refractivity contribution in [1.29, 1.82) is 0 Å². The lowest BCUT2D eigenvalue weighted by molar-refractivity contribution is -0.443. The van der Waals surface area contributed by atoms with Gasteiger partial charge in [-0.25, -0.2) is 4.98 Å². The van der Waals surface area contributed by atoms with Crippen LogP contribution in [0.3, 0.4) is 0 Å². The number of nitro groups is 1. The lowest BCUT2D eigenvalue weighted by Gasteiger charge is -2.15. The highest BCUT2D eigenvalue weighted by atomic mass is 35.5. The second kappa shape index (κ2) is 7.58.